The molecule has 1 aromatic rings. The molecule has 0 saturated carbocycles. The smallest absolute Gasteiger partial charge is 0.260 e. The second-order valence-corrected chi connectivity index (χ2v) is 4.53. The van der Waals surface area contributed by atoms with Crippen molar-refractivity contribution >= 4 is 17.5 Å². The van der Waals surface area contributed by atoms with E-state index in [2.05, 4.69) is 0 Å². The minimum atomic E-state index is -0.144. The molecule has 0 heterocycles. The molecule has 5 nitrogen and oxygen atoms in total. The van der Waals surface area contributed by atoms with Crippen molar-refractivity contribution in [2.45, 2.75) is 20.5 Å². The third kappa shape index (κ3) is 4.02. The summed E-state index contributed by atoms with van der Waals surface area (Å²) in [6.07, 6.45) is 0. The lowest BCUT2D eigenvalue weighted by atomic mass is 10.2. The first kappa shape index (κ1) is 16.6. The summed E-state index contributed by atoms with van der Waals surface area (Å²) in [6, 6.07) is 3.21. The van der Waals surface area contributed by atoms with E-state index in [-0.39, 0.29) is 19.1 Å². The minimum Gasteiger partial charge on any atom is -0.493 e. The zero-order valence-corrected chi connectivity index (χ0v) is 12.7. The molecule has 112 valence electrons. The second-order valence-electron chi connectivity index (χ2n) is 4.12. The minimum absolute atomic E-state index is 0.101. The Morgan fingerprint density at radius 3 is 2.50 bits per heavy atom. The van der Waals surface area contributed by atoms with Gasteiger partial charge in [-0.2, -0.15) is 0 Å². The van der Waals surface area contributed by atoms with Crippen LogP contribution in [0.5, 0.6) is 11.5 Å². The molecule has 6 heteroatoms. The molecule has 0 atom stereocenters. The van der Waals surface area contributed by atoms with E-state index in [1.165, 1.54) is 7.11 Å². The predicted octanol–water partition coefficient (Wildman–Crippen LogP) is 2.09. The molecular weight excluding hydrogens is 282 g/mol. The molecule has 20 heavy (non-hydrogen) atoms. The Morgan fingerprint density at radius 2 is 2.00 bits per heavy atom. The van der Waals surface area contributed by atoms with Crippen LogP contribution in [0, 0.1) is 0 Å². The first-order chi connectivity index (χ1) is 9.57. The highest BCUT2D eigenvalue weighted by atomic mass is 35.5. The van der Waals surface area contributed by atoms with E-state index >= 15 is 0 Å². The van der Waals surface area contributed by atoms with Crippen LogP contribution in [0.25, 0.3) is 0 Å². The zero-order valence-electron chi connectivity index (χ0n) is 12.0. The maximum atomic E-state index is 11.9. The number of hydrogen-bond acceptors (Lipinski definition) is 4. The van der Waals surface area contributed by atoms with Crippen molar-refractivity contribution in [2.75, 3.05) is 26.8 Å². The topological polar surface area (TPSA) is 59.0 Å². The predicted molar refractivity (Wildman–Crippen MR) is 77.3 cm³/mol. The van der Waals surface area contributed by atoms with Crippen molar-refractivity contribution in [1.82, 2.24) is 4.90 Å². The average Bonchev–Trinajstić information content (AvgIpc) is 2.46. The molecule has 0 unspecified atom stereocenters. The molecule has 0 saturated heterocycles. The van der Waals surface area contributed by atoms with E-state index in [0.717, 1.165) is 0 Å². The number of hydrogen-bond donors (Lipinski definition) is 1. The van der Waals surface area contributed by atoms with Gasteiger partial charge in [0.2, 0.25) is 0 Å². The van der Waals surface area contributed by atoms with Gasteiger partial charge in [0.05, 0.1) is 18.7 Å². The molecule has 1 rings (SSSR count). The lowest BCUT2D eigenvalue weighted by molar-refractivity contribution is -0.132. The van der Waals surface area contributed by atoms with Gasteiger partial charge in [0.15, 0.2) is 18.1 Å². The summed E-state index contributed by atoms with van der Waals surface area (Å²) in [7, 11) is 1.48. The van der Waals surface area contributed by atoms with Crippen LogP contribution in [-0.2, 0) is 11.4 Å². The SMILES string of the molecule is CCN(CC)C(=O)COc1c(Cl)cc(CO)cc1OC. The van der Waals surface area contributed by atoms with E-state index < -0.39 is 0 Å². The number of carbonyl (C=O) groups is 1. The summed E-state index contributed by atoms with van der Waals surface area (Å²) >= 11 is 6.08. The van der Waals surface area contributed by atoms with E-state index in [9.17, 15) is 4.79 Å². The maximum absolute atomic E-state index is 11.9. The zero-order chi connectivity index (χ0) is 15.1. The number of benzene rings is 1. The average molecular weight is 302 g/mol. The Labute approximate surface area is 124 Å². The van der Waals surface area contributed by atoms with Crippen molar-refractivity contribution < 1.29 is 19.4 Å². The fourth-order valence-electron chi connectivity index (χ4n) is 1.81. The molecule has 1 N–H and O–H groups in total. The Kier molecular flexibility index (Phi) is 6.61. The number of likely N-dealkylation sites (N-methyl/N-ethyl adjacent to an activating group) is 1. The normalized spacial score (nSPS) is 10.2. The quantitative estimate of drug-likeness (QED) is 0.838. The second kappa shape index (κ2) is 7.97. The molecule has 0 aliphatic carbocycles. The van der Waals surface area contributed by atoms with Gasteiger partial charge >= 0.3 is 0 Å². The van der Waals surface area contributed by atoms with Gasteiger partial charge in [-0.05, 0) is 31.5 Å². The number of ether oxygens (including phenoxy) is 2. The van der Waals surface area contributed by atoms with E-state index in [0.29, 0.717) is 35.2 Å². The molecule has 0 radical (unpaired) electrons. The van der Waals surface area contributed by atoms with Crippen molar-refractivity contribution in [3.63, 3.8) is 0 Å². The number of halogens is 1. The van der Waals surface area contributed by atoms with Crippen LogP contribution in [0.2, 0.25) is 5.02 Å². The van der Waals surface area contributed by atoms with Crippen molar-refractivity contribution in [3.8, 4) is 11.5 Å². The van der Waals surface area contributed by atoms with Gasteiger partial charge in [-0.25, -0.2) is 0 Å². The fraction of sp³-hybridized carbons (Fsp3) is 0.500. The summed E-state index contributed by atoms with van der Waals surface area (Å²) in [5.74, 6) is 0.597. The largest absolute Gasteiger partial charge is 0.493 e. The van der Waals surface area contributed by atoms with Gasteiger partial charge in [-0.15, -0.1) is 0 Å². The number of aliphatic hydroxyl groups is 1. The van der Waals surface area contributed by atoms with E-state index in [4.69, 9.17) is 26.2 Å². The van der Waals surface area contributed by atoms with Crippen molar-refractivity contribution in [2.24, 2.45) is 0 Å². The summed E-state index contributed by atoms with van der Waals surface area (Å²) < 4.78 is 10.6. The Morgan fingerprint density at radius 1 is 1.35 bits per heavy atom. The number of amides is 1. The van der Waals surface area contributed by atoms with Crippen molar-refractivity contribution in [3.05, 3.63) is 22.7 Å². The first-order valence-electron chi connectivity index (χ1n) is 6.45. The fourth-order valence-corrected chi connectivity index (χ4v) is 2.09. The van der Waals surface area contributed by atoms with Gasteiger partial charge in [-0.3, -0.25) is 4.79 Å². The standard InChI is InChI=1S/C14H20ClNO4/c1-4-16(5-2)13(18)9-20-14-11(15)6-10(8-17)7-12(14)19-3/h6-7,17H,4-5,8-9H2,1-3H3. The molecule has 0 aromatic heterocycles. The van der Waals surface area contributed by atoms with Crippen LogP contribution >= 0.6 is 11.6 Å². The summed E-state index contributed by atoms with van der Waals surface area (Å²) in [5, 5.41) is 9.42. The molecule has 0 bridgehead atoms. The third-order valence-corrected chi connectivity index (χ3v) is 3.21. The maximum Gasteiger partial charge on any atom is 0.260 e. The van der Waals surface area contributed by atoms with Crippen LogP contribution in [0.4, 0.5) is 0 Å². The molecule has 0 fully saturated rings. The van der Waals surface area contributed by atoms with Gasteiger partial charge in [0, 0.05) is 13.1 Å². The van der Waals surface area contributed by atoms with Crippen LogP contribution in [0.15, 0.2) is 12.1 Å². The highest BCUT2D eigenvalue weighted by molar-refractivity contribution is 6.32. The van der Waals surface area contributed by atoms with E-state index in [1.54, 1.807) is 17.0 Å². The number of carbonyl (C=O) groups excluding carboxylic acids is 1. The number of nitrogens with zero attached hydrogens (tertiary/aromatic N) is 1. The summed E-state index contributed by atoms with van der Waals surface area (Å²) in [4.78, 5) is 13.6. The molecular formula is C14H20ClNO4. The van der Waals surface area contributed by atoms with Gasteiger partial charge < -0.3 is 19.5 Å². The van der Waals surface area contributed by atoms with Crippen LogP contribution in [0.3, 0.4) is 0 Å². The summed E-state index contributed by atoms with van der Waals surface area (Å²) in [5.41, 5.74) is 0.620. The number of methoxy groups -OCH3 is 1. The number of rotatable bonds is 7. The Hall–Kier alpha value is -1.46. The van der Waals surface area contributed by atoms with Gasteiger partial charge in [-0.1, -0.05) is 11.6 Å². The van der Waals surface area contributed by atoms with E-state index in [1.807, 2.05) is 13.8 Å². The monoisotopic (exact) mass is 301 g/mol. The van der Waals surface area contributed by atoms with Crippen LogP contribution < -0.4 is 9.47 Å². The van der Waals surface area contributed by atoms with Crippen LogP contribution in [0.1, 0.15) is 19.4 Å². The Balaban J connectivity index is 2.84. The molecule has 0 spiro atoms. The van der Waals surface area contributed by atoms with Gasteiger partial charge in [0.25, 0.3) is 5.91 Å². The first-order valence-corrected chi connectivity index (χ1v) is 6.82. The lowest BCUT2D eigenvalue weighted by Crippen LogP contribution is -2.34. The lowest BCUT2D eigenvalue weighted by Gasteiger charge is -2.19. The van der Waals surface area contributed by atoms with Crippen LogP contribution in [-0.4, -0.2) is 42.7 Å². The third-order valence-electron chi connectivity index (χ3n) is 2.93. The summed E-state index contributed by atoms with van der Waals surface area (Å²) in [6.45, 7) is 4.83. The highest BCUT2D eigenvalue weighted by Crippen LogP contribution is 2.36. The highest BCUT2D eigenvalue weighted by Gasteiger charge is 2.15. The molecule has 1 aromatic carbocycles. The Bertz CT molecular complexity index is 461. The molecule has 0 aliphatic rings. The van der Waals surface area contributed by atoms with Crippen molar-refractivity contribution in [1.29, 1.82) is 0 Å². The number of aliphatic hydroxyl groups excluding tert-OH is 1. The molecule has 1 amide bonds. The molecule has 0 aliphatic heterocycles. The van der Waals surface area contributed by atoms with Gasteiger partial charge in [0.1, 0.15) is 0 Å².